The number of nitrogens with zero attached hydrogens (tertiary/aromatic N) is 1. The number of thiazole rings is 1. The molecule has 0 radical (unpaired) electrons. The number of benzene rings is 1. The molecule has 0 aliphatic heterocycles. The Bertz CT molecular complexity index is 774. The van der Waals surface area contributed by atoms with E-state index in [1.165, 1.54) is 11.3 Å². The van der Waals surface area contributed by atoms with Gasteiger partial charge in [0.05, 0.1) is 17.3 Å². The van der Waals surface area contributed by atoms with Crippen LogP contribution in [0, 0.1) is 6.92 Å². The Hall–Kier alpha value is -2.61. The number of carbonyl (C=O) groups excluding carboxylic acids is 2. The average molecular weight is 377 g/mol. The van der Waals surface area contributed by atoms with Crippen molar-refractivity contribution < 1.29 is 19.1 Å². The number of para-hydroxylation sites is 2. The highest BCUT2D eigenvalue weighted by molar-refractivity contribution is 7.13. The predicted molar refractivity (Wildman–Crippen MR) is 99.7 cm³/mol. The minimum atomic E-state index is -0.476. The van der Waals surface area contributed by atoms with Crippen molar-refractivity contribution in [3.05, 3.63) is 39.8 Å². The molecule has 0 aliphatic rings. The van der Waals surface area contributed by atoms with Gasteiger partial charge in [0.25, 0.3) is 11.8 Å². The van der Waals surface area contributed by atoms with Gasteiger partial charge in [-0.3, -0.25) is 20.4 Å². The summed E-state index contributed by atoms with van der Waals surface area (Å²) >= 11 is 1.32. The van der Waals surface area contributed by atoms with Crippen molar-refractivity contribution >= 4 is 23.2 Å². The molecule has 2 amide bonds. The summed E-state index contributed by atoms with van der Waals surface area (Å²) in [4.78, 5) is 29.0. The second-order valence-corrected chi connectivity index (χ2v) is 6.82. The number of amides is 2. The molecule has 2 rings (SSSR count). The van der Waals surface area contributed by atoms with E-state index < -0.39 is 11.8 Å². The first kappa shape index (κ1) is 19.7. The summed E-state index contributed by atoms with van der Waals surface area (Å²) in [7, 11) is 0. The van der Waals surface area contributed by atoms with Crippen LogP contribution in [-0.4, -0.2) is 30.0 Å². The smallest absolute Gasteiger partial charge is 0.281 e. The van der Waals surface area contributed by atoms with Crippen LogP contribution < -0.4 is 20.3 Å². The third-order valence-electron chi connectivity index (χ3n) is 3.34. The van der Waals surface area contributed by atoms with Gasteiger partial charge in [-0.1, -0.05) is 26.0 Å². The van der Waals surface area contributed by atoms with Crippen LogP contribution in [-0.2, 0) is 4.79 Å². The van der Waals surface area contributed by atoms with E-state index in [1.54, 1.807) is 25.1 Å². The number of hydrogen-bond donors (Lipinski definition) is 2. The van der Waals surface area contributed by atoms with Gasteiger partial charge in [-0.05, 0) is 26.0 Å². The zero-order chi connectivity index (χ0) is 19.1. The predicted octanol–water partition coefficient (Wildman–Crippen LogP) is 2.81. The van der Waals surface area contributed by atoms with Crippen molar-refractivity contribution in [3.8, 4) is 11.5 Å². The minimum absolute atomic E-state index is 0.244. The van der Waals surface area contributed by atoms with Crippen LogP contribution in [0.15, 0.2) is 24.3 Å². The first-order valence-corrected chi connectivity index (χ1v) is 9.15. The van der Waals surface area contributed by atoms with E-state index in [-0.39, 0.29) is 12.5 Å². The number of aromatic nitrogens is 1. The van der Waals surface area contributed by atoms with Crippen LogP contribution >= 0.6 is 11.3 Å². The summed E-state index contributed by atoms with van der Waals surface area (Å²) in [5.74, 6) is 0.406. The summed E-state index contributed by atoms with van der Waals surface area (Å²) in [5, 5.41) is 0.884. The summed E-state index contributed by atoms with van der Waals surface area (Å²) in [6.07, 6.45) is 0. The SMILES string of the molecule is CCOc1ccccc1OCC(=O)NNC(=O)c1sc(C(C)C)nc1C. The molecule has 2 N–H and O–H groups in total. The third kappa shape index (κ3) is 5.19. The van der Waals surface area contributed by atoms with E-state index in [4.69, 9.17) is 9.47 Å². The number of hydrogen-bond acceptors (Lipinski definition) is 6. The highest BCUT2D eigenvalue weighted by atomic mass is 32.1. The number of rotatable bonds is 7. The lowest BCUT2D eigenvalue weighted by Crippen LogP contribution is -2.43. The molecule has 0 atom stereocenters. The molecule has 8 heteroatoms. The quantitative estimate of drug-likeness (QED) is 0.724. The lowest BCUT2D eigenvalue weighted by Gasteiger charge is -2.11. The number of hydrazine groups is 1. The Labute approximate surface area is 156 Å². The van der Waals surface area contributed by atoms with Gasteiger partial charge in [0.1, 0.15) is 4.88 Å². The van der Waals surface area contributed by atoms with E-state index in [2.05, 4.69) is 15.8 Å². The molecule has 0 bridgehead atoms. The maximum atomic E-state index is 12.2. The topological polar surface area (TPSA) is 89.5 Å². The zero-order valence-electron chi connectivity index (χ0n) is 15.3. The van der Waals surface area contributed by atoms with Crippen LogP contribution in [0.1, 0.15) is 47.1 Å². The first-order valence-electron chi connectivity index (χ1n) is 8.33. The second kappa shape index (κ2) is 9.19. The molecule has 0 saturated carbocycles. The van der Waals surface area contributed by atoms with Gasteiger partial charge in [-0.25, -0.2) is 4.98 Å². The fourth-order valence-electron chi connectivity index (χ4n) is 2.08. The van der Waals surface area contributed by atoms with E-state index in [0.29, 0.717) is 28.7 Å². The molecule has 140 valence electrons. The molecule has 26 heavy (non-hydrogen) atoms. The lowest BCUT2D eigenvalue weighted by molar-refractivity contribution is -0.123. The van der Waals surface area contributed by atoms with Gasteiger partial charge in [-0.2, -0.15) is 0 Å². The largest absolute Gasteiger partial charge is 0.490 e. The monoisotopic (exact) mass is 377 g/mol. The number of ether oxygens (including phenoxy) is 2. The van der Waals surface area contributed by atoms with Gasteiger partial charge in [0.15, 0.2) is 18.1 Å². The Balaban J connectivity index is 1.86. The molecule has 2 aromatic rings. The Morgan fingerprint density at radius 2 is 1.81 bits per heavy atom. The third-order valence-corrected chi connectivity index (χ3v) is 4.79. The van der Waals surface area contributed by atoms with E-state index in [0.717, 1.165) is 5.01 Å². The van der Waals surface area contributed by atoms with Crippen LogP contribution in [0.2, 0.25) is 0 Å². The summed E-state index contributed by atoms with van der Waals surface area (Å²) in [5.41, 5.74) is 5.38. The van der Waals surface area contributed by atoms with Gasteiger partial charge in [0.2, 0.25) is 0 Å². The van der Waals surface area contributed by atoms with Gasteiger partial charge >= 0.3 is 0 Å². The maximum absolute atomic E-state index is 12.2. The maximum Gasteiger partial charge on any atom is 0.281 e. The fraction of sp³-hybridized carbons (Fsp3) is 0.389. The average Bonchev–Trinajstić information content (AvgIpc) is 3.01. The molecule has 1 aromatic heterocycles. The van der Waals surface area contributed by atoms with Crippen molar-refractivity contribution in [2.24, 2.45) is 0 Å². The molecular formula is C18H23N3O4S. The van der Waals surface area contributed by atoms with Crippen molar-refractivity contribution in [1.82, 2.24) is 15.8 Å². The summed E-state index contributed by atoms with van der Waals surface area (Å²) in [6.45, 7) is 7.91. The Morgan fingerprint density at radius 1 is 1.15 bits per heavy atom. The molecule has 0 unspecified atom stereocenters. The van der Waals surface area contributed by atoms with Crippen molar-refractivity contribution in [1.29, 1.82) is 0 Å². The Kier molecular flexibility index (Phi) is 6.97. The number of nitrogens with one attached hydrogen (secondary N) is 2. The van der Waals surface area contributed by atoms with Crippen molar-refractivity contribution in [2.75, 3.05) is 13.2 Å². The highest BCUT2D eigenvalue weighted by Gasteiger charge is 2.17. The molecular weight excluding hydrogens is 354 g/mol. The van der Waals surface area contributed by atoms with Crippen molar-refractivity contribution in [3.63, 3.8) is 0 Å². The van der Waals surface area contributed by atoms with Crippen LogP contribution in [0.3, 0.4) is 0 Å². The van der Waals surface area contributed by atoms with E-state index in [9.17, 15) is 9.59 Å². The van der Waals surface area contributed by atoms with Crippen LogP contribution in [0.25, 0.3) is 0 Å². The molecule has 1 aromatic carbocycles. The molecule has 0 fully saturated rings. The summed E-state index contributed by atoms with van der Waals surface area (Å²) in [6, 6.07) is 7.08. The minimum Gasteiger partial charge on any atom is -0.490 e. The zero-order valence-corrected chi connectivity index (χ0v) is 16.1. The number of aryl methyl sites for hydroxylation is 1. The standard InChI is InChI=1S/C18H23N3O4S/c1-5-24-13-8-6-7-9-14(13)25-10-15(22)20-21-17(23)16-12(4)19-18(26-16)11(2)3/h6-9,11H,5,10H2,1-4H3,(H,20,22)(H,21,23). The van der Waals surface area contributed by atoms with Crippen LogP contribution in [0.4, 0.5) is 0 Å². The molecule has 0 spiro atoms. The Morgan fingerprint density at radius 3 is 2.38 bits per heavy atom. The van der Waals surface area contributed by atoms with Gasteiger partial charge in [-0.15, -0.1) is 11.3 Å². The highest BCUT2D eigenvalue weighted by Crippen LogP contribution is 2.26. The molecule has 0 aliphatic carbocycles. The molecule has 1 heterocycles. The molecule has 0 saturated heterocycles. The van der Waals surface area contributed by atoms with Crippen LogP contribution in [0.5, 0.6) is 11.5 Å². The lowest BCUT2D eigenvalue weighted by atomic mass is 10.2. The van der Waals surface area contributed by atoms with Gasteiger partial charge in [0, 0.05) is 5.92 Å². The summed E-state index contributed by atoms with van der Waals surface area (Å²) < 4.78 is 10.9. The second-order valence-electron chi connectivity index (χ2n) is 5.79. The fourth-order valence-corrected chi connectivity index (χ4v) is 3.05. The first-order chi connectivity index (χ1) is 12.4. The number of carbonyl (C=O) groups is 2. The van der Waals surface area contributed by atoms with Crippen molar-refractivity contribution in [2.45, 2.75) is 33.6 Å². The van der Waals surface area contributed by atoms with E-state index in [1.807, 2.05) is 26.8 Å². The normalized spacial score (nSPS) is 10.5. The molecule has 7 nitrogen and oxygen atoms in total. The van der Waals surface area contributed by atoms with E-state index >= 15 is 0 Å². The van der Waals surface area contributed by atoms with Gasteiger partial charge < -0.3 is 9.47 Å².